The Labute approximate surface area is 142 Å². The van der Waals surface area contributed by atoms with Crippen molar-refractivity contribution in [3.63, 3.8) is 0 Å². The third-order valence-electron chi connectivity index (χ3n) is 5.15. The van der Waals surface area contributed by atoms with E-state index in [9.17, 15) is 0 Å². The molecule has 0 N–H and O–H groups in total. The summed E-state index contributed by atoms with van der Waals surface area (Å²) in [7, 11) is 2.20. The van der Waals surface area contributed by atoms with E-state index in [-0.39, 0.29) is 6.04 Å². The second-order valence-corrected chi connectivity index (χ2v) is 7.07. The number of aromatic nitrogens is 1. The van der Waals surface area contributed by atoms with Crippen molar-refractivity contribution in [2.75, 3.05) is 33.2 Å². The highest BCUT2D eigenvalue weighted by atomic mass is 35.5. The van der Waals surface area contributed by atoms with E-state index in [0.29, 0.717) is 0 Å². The Bertz CT molecular complexity index is 708. The molecule has 3 nitrogen and oxygen atoms in total. The molecule has 4 rings (SSSR count). The average molecular weight is 328 g/mol. The number of nitrogens with zero attached hydrogens (tertiary/aromatic N) is 3. The third-order valence-corrected chi connectivity index (χ3v) is 5.39. The Morgan fingerprint density at radius 1 is 1.04 bits per heavy atom. The summed E-state index contributed by atoms with van der Waals surface area (Å²) in [5.41, 5.74) is 5.37. The van der Waals surface area contributed by atoms with Crippen LogP contribution in [0.1, 0.15) is 28.4 Å². The quantitative estimate of drug-likeness (QED) is 0.802. The molecule has 0 bridgehead atoms. The van der Waals surface area contributed by atoms with Crippen molar-refractivity contribution in [3.05, 3.63) is 63.9 Å². The fourth-order valence-electron chi connectivity index (χ4n) is 3.83. The van der Waals surface area contributed by atoms with Gasteiger partial charge in [0, 0.05) is 37.4 Å². The summed E-state index contributed by atoms with van der Waals surface area (Å²) in [6.45, 7) is 4.39. The van der Waals surface area contributed by atoms with Gasteiger partial charge in [-0.05, 0) is 54.8 Å². The number of likely N-dealkylation sites (N-methyl/N-ethyl adjacent to an activating group) is 1. The summed E-state index contributed by atoms with van der Waals surface area (Å²) < 4.78 is 0. The van der Waals surface area contributed by atoms with Gasteiger partial charge in [-0.2, -0.15) is 0 Å². The first-order valence-electron chi connectivity index (χ1n) is 8.37. The van der Waals surface area contributed by atoms with Crippen LogP contribution in [-0.4, -0.2) is 48.0 Å². The lowest BCUT2D eigenvalue weighted by Crippen LogP contribution is -2.46. The fourth-order valence-corrected chi connectivity index (χ4v) is 4.03. The number of benzene rings is 1. The molecule has 1 unspecified atom stereocenters. The largest absolute Gasteiger partial charge is 0.304 e. The van der Waals surface area contributed by atoms with Gasteiger partial charge in [-0.1, -0.05) is 23.7 Å². The van der Waals surface area contributed by atoms with Gasteiger partial charge >= 0.3 is 0 Å². The molecule has 1 aliphatic heterocycles. The molecule has 1 aliphatic carbocycles. The molecule has 1 atom stereocenters. The minimum absolute atomic E-state index is 0.259. The van der Waals surface area contributed by atoms with Gasteiger partial charge in [0.1, 0.15) is 0 Å². The van der Waals surface area contributed by atoms with Gasteiger partial charge < -0.3 is 4.90 Å². The maximum atomic E-state index is 6.26. The molecule has 1 aromatic heterocycles. The second-order valence-electron chi connectivity index (χ2n) is 6.63. The van der Waals surface area contributed by atoms with Crippen molar-refractivity contribution in [1.82, 2.24) is 14.8 Å². The monoisotopic (exact) mass is 327 g/mol. The number of aryl methyl sites for hydroxylation is 2. The number of fused-ring (bicyclic) bond motifs is 2. The minimum Gasteiger partial charge on any atom is -0.304 e. The van der Waals surface area contributed by atoms with Crippen LogP contribution in [0.4, 0.5) is 0 Å². The molecular weight excluding hydrogens is 306 g/mol. The zero-order valence-electron chi connectivity index (χ0n) is 13.5. The SMILES string of the molecule is CN1CCN(C2c3ccc(Cl)cc3CCc3cccnc32)CC1. The minimum atomic E-state index is 0.259. The number of hydrogen-bond acceptors (Lipinski definition) is 3. The first-order valence-corrected chi connectivity index (χ1v) is 8.75. The molecule has 0 saturated carbocycles. The Balaban J connectivity index is 1.81. The summed E-state index contributed by atoms with van der Waals surface area (Å²) in [6, 6.07) is 10.9. The molecule has 0 spiro atoms. The summed E-state index contributed by atoms with van der Waals surface area (Å²) >= 11 is 6.26. The van der Waals surface area contributed by atoms with Gasteiger partial charge in [0.05, 0.1) is 11.7 Å². The first-order chi connectivity index (χ1) is 11.2. The number of halogens is 1. The second kappa shape index (κ2) is 6.23. The molecule has 23 heavy (non-hydrogen) atoms. The molecule has 2 aromatic rings. The number of rotatable bonds is 1. The van der Waals surface area contributed by atoms with Crippen LogP contribution in [0.2, 0.25) is 5.02 Å². The van der Waals surface area contributed by atoms with E-state index in [1.165, 1.54) is 22.4 Å². The summed E-state index contributed by atoms with van der Waals surface area (Å²) in [6.07, 6.45) is 4.02. The van der Waals surface area contributed by atoms with Gasteiger partial charge in [-0.3, -0.25) is 9.88 Å². The molecule has 1 aromatic carbocycles. The van der Waals surface area contributed by atoms with Gasteiger partial charge in [0.25, 0.3) is 0 Å². The van der Waals surface area contributed by atoms with Crippen LogP contribution in [0.5, 0.6) is 0 Å². The van der Waals surface area contributed by atoms with Crippen LogP contribution in [0.25, 0.3) is 0 Å². The van der Waals surface area contributed by atoms with Crippen molar-refractivity contribution < 1.29 is 0 Å². The maximum Gasteiger partial charge on any atom is 0.0782 e. The normalized spacial score (nSPS) is 22.3. The Hall–Kier alpha value is -1.42. The smallest absolute Gasteiger partial charge is 0.0782 e. The lowest BCUT2D eigenvalue weighted by atomic mass is 9.96. The maximum absolute atomic E-state index is 6.26. The topological polar surface area (TPSA) is 19.4 Å². The van der Waals surface area contributed by atoms with E-state index in [0.717, 1.165) is 44.0 Å². The number of pyridine rings is 1. The zero-order valence-corrected chi connectivity index (χ0v) is 14.3. The summed E-state index contributed by atoms with van der Waals surface area (Å²) in [5, 5.41) is 0.833. The Morgan fingerprint density at radius 3 is 2.65 bits per heavy atom. The summed E-state index contributed by atoms with van der Waals surface area (Å²) in [5.74, 6) is 0. The fraction of sp³-hybridized carbons (Fsp3) is 0.421. The van der Waals surface area contributed by atoms with Crippen molar-refractivity contribution in [1.29, 1.82) is 0 Å². The molecular formula is C19H22ClN3. The number of hydrogen-bond donors (Lipinski definition) is 0. The van der Waals surface area contributed by atoms with Crippen LogP contribution in [0.15, 0.2) is 36.5 Å². The van der Waals surface area contributed by atoms with Crippen LogP contribution in [0, 0.1) is 0 Å². The summed E-state index contributed by atoms with van der Waals surface area (Å²) in [4.78, 5) is 9.77. The number of piperazine rings is 1. The molecule has 0 radical (unpaired) electrons. The standard InChI is InChI=1S/C19H22ClN3/c1-22-9-11-23(12-10-22)19-17-7-6-16(20)13-15(17)5-4-14-3-2-8-21-18(14)19/h2-3,6-8,13,19H,4-5,9-12H2,1H3. The van der Waals surface area contributed by atoms with Gasteiger partial charge in [-0.15, -0.1) is 0 Å². The van der Waals surface area contributed by atoms with Crippen LogP contribution >= 0.6 is 11.6 Å². The van der Waals surface area contributed by atoms with E-state index < -0.39 is 0 Å². The lowest BCUT2D eigenvalue weighted by Gasteiger charge is -2.38. The highest BCUT2D eigenvalue weighted by Gasteiger charge is 2.31. The van der Waals surface area contributed by atoms with Crippen LogP contribution < -0.4 is 0 Å². The molecule has 120 valence electrons. The first kappa shape index (κ1) is 15.1. The highest BCUT2D eigenvalue weighted by molar-refractivity contribution is 6.30. The molecule has 0 amide bonds. The Morgan fingerprint density at radius 2 is 1.83 bits per heavy atom. The third kappa shape index (κ3) is 2.89. The molecule has 1 fully saturated rings. The van der Waals surface area contributed by atoms with E-state index in [1.807, 2.05) is 12.3 Å². The van der Waals surface area contributed by atoms with Gasteiger partial charge in [-0.25, -0.2) is 0 Å². The van der Waals surface area contributed by atoms with E-state index in [4.69, 9.17) is 16.6 Å². The Kier molecular flexibility index (Phi) is 4.10. The van der Waals surface area contributed by atoms with Gasteiger partial charge in [0.2, 0.25) is 0 Å². The van der Waals surface area contributed by atoms with Crippen molar-refractivity contribution in [2.24, 2.45) is 0 Å². The van der Waals surface area contributed by atoms with Crippen molar-refractivity contribution >= 4 is 11.6 Å². The predicted molar refractivity (Wildman–Crippen MR) is 94.0 cm³/mol. The predicted octanol–water partition coefficient (Wildman–Crippen LogP) is 3.17. The van der Waals surface area contributed by atoms with Gasteiger partial charge in [0.15, 0.2) is 0 Å². The molecule has 4 heteroatoms. The van der Waals surface area contributed by atoms with E-state index >= 15 is 0 Å². The van der Waals surface area contributed by atoms with E-state index in [2.05, 4.69) is 41.1 Å². The van der Waals surface area contributed by atoms with Crippen molar-refractivity contribution in [3.8, 4) is 0 Å². The van der Waals surface area contributed by atoms with E-state index in [1.54, 1.807) is 0 Å². The van der Waals surface area contributed by atoms with Crippen LogP contribution in [0.3, 0.4) is 0 Å². The molecule has 2 aliphatic rings. The van der Waals surface area contributed by atoms with Crippen molar-refractivity contribution in [2.45, 2.75) is 18.9 Å². The molecule has 2 heterocycles. The average Bonchev–Trinajstić information content (AvgIpc) is 2.72. The van der Waals surface area contributed by atoms with Crippen LogP contribution in [-0.2, 0) is 12.8 Å². The zero-order chi connectivity index (χ0) is 15.8. The highest BCUT2D eigenvalue weighted by Crippen LogP contribution is 2.36. The molecule has 1 saturated heterocycles. The lowest BCUT2D eigenvalue weighted by molar-refractivity contribution is 0.125.